The van der Waals surface area contributed by atoms with Crippen molar-refractivity contribution in [3.05, 3.63) is 12.2 Å². The second kappa shape index (κ2) is 27.9. The number of rotatable bonds is 29. The van der Waals surface area contributed by atoms with Gasteiger partial charge < -0.3 is 19.3 Å². The van der Waals surface area contributed by atoms with Crippen LogP contribution < -0.4 is 0 Å². The molecule has 0 amide bonds. The molecule has 0 spiro atoms. The summed E-state index contributed by atoms with van der Waals surface area (Å²) in [7, 11) is -4.73. The predicted octanol–water partition coefficient (Wildman–Crippen LogP) is 8.73. The van der Waals surface area contributed by atoms with Crippen LogP contribution in [0.2, 0.25) is 0 Å². The monoisotopic (exact) mass is 590 g/mol. The van der Waals surface area contributed by atoms with Gasteiger partial charge in [-0.2, -0.15) is 0 Å². The fourth-order valence-corrected chi connectivity index (χ4v) is 4.73. The second-order valence-corrected chi connectivity index (χ2v) is 12.0. The molecule has 0 bridgehead atoms. The largest absolute Gasteiger partial charge is 0.469 e. The van der Waals surface area contributed by atoms with Crippen molar-refractivity contribution in [2.24, 2.45) is 0 Å². The number of phosphoric ester groups is 1. The number of carbonyl (C=O) groups is 2. The zero-order valence-electron chi connectivity index (χ0n) is 25.5. The molecular weight excluding hydrogens is 531 g/mol. The number of allylic oxidation sites excluding steroid dienone is 2. The van der Waals surface area contributed by atoms with Crippen molar-refractivity contribution in [3.8, 4) is 0 Å². The highest BCUT2D eigenvalue weighted by atomic mass is 31.2. The van der Waals surface area contributed by atoms with Gasteiger partial charge in [0.1, 0.15) is 6.61 Å². The van der Waals surface area contributed by atoms with Crippen LogP contribution in [0.4, 0.5) is 0 Å². The smallest absolute Gasteiger partial charge is 0.462 e. The zero-order chi connectivity index (χ0) is 29.7. The van der Waals surface area contributed by atoms with E-state index in [9.17, 15) is 14.2 Å². The first-order valence-electron chi connectivity index (χ1n) is 16.0. The lowest BCUT2D eigenvalue weighted by molar-refractivity contribution is -0.161. The zero-order valence-corrected chi connectivity index (χ0v) is 26.4. The first-order valence-corrected chi connectivity index (χ1v) is 17.5. The maximum absolute atomic E-state index is 12.3. The molecule has 9 heteroatoms. The minimum Gasteiger partial charge on any atom is -0.462 e. The average Bonchev–Trinajstić information content (AvgIpc) is 2.91. The minimum absolute atomic E-state index is 0.210. The number of phosphoric acid groups is 1. The van der Waals surface area contributed by atoms with Gasteiger partial charge >= 0.3 is 19.8 Å². The Morgan fingerprint density at radius 1 is 0.625 bits per heavy atom. The Labute approximate surface area is 244 Å². The Morgan fingerprint density at radius 2 is 1.05 bits per heavy atom. The van der Waals surface area contributed by atoms with E-state index in [1.165, 1.54) is 70.6 Å². The summed E-state index contributed by atoms with van der Waals surface area (Å²) in [5, 5.41) is 0. The molecule has 8 nitrogen and oxygen atoms in total. The SMILES string of the molecule is CCCCCC/C=C/CCCCCCCCCC(=O)O[C@H](COC(=O)CCCCCCCCC)COP(=O)(O)O. The van der Waals surface area contributed by atoms with Crippen LogP contribution in [-0.4, -0.2) is 41.0 Å². The van der Waals surface area contributed by atoms with E-state index in [4.69, 9.17) is 19.3 Å². The molecule has 0 aromatic rings. The second-order valence-electron chi connectivity index (χ2n) is 10.8. The lowest BCUT2D eigenvalue weighted by Gasteiger charge is -2.18. The molecule has 0 aromatic heterocycles. The summed E-state index contributed by atoms with van der Waals surface area (Å²) in [4.78, 5) is 42.3. The first-order chi connectivity index (χ1) is 19.3. The fourth-order valence-electron chi connectivity index (χ4n) is 4.37. The van der Waals surface area contributed by atoms with Gasteiger partial charge in [0.15, 0.2) is 6.10 Å². The Morgan fingerprint density at radius 3 is 1.55 bits per heavy atom. The molecule has 0 aromatic carbocycles. The summed E-state index contributed by atoms with van der Waals surface area (Å²) >= 11 is 0. The van der Waals surface area contributed by atoms with Gasteiger partial charge in [-0.1, -0.05) is 116 Å². The maximum atomic E-state index is 12.3. The van der Waals surface area contributed by atoms with E-state index in [1.54, 1.807) is 0 Å². The van der Waals surface area contributed by atoms with Gasteiger partial charge in [-0.05, 0) is 38.5 Å². The third-order valence-electron chi connectivity index (χ3n) is 6.78. The molecule has 0 fully saturated rings. The molecule has 0 aliphatic heterocycles. The number of esters is 2. The summed E-state index contributed by atoms with van der Waals surface area (Å²) < 4.78 is 26.1. The van der Waals surface area contributed by atoms with Crippen LogP contribution in [0.1, 0.15) is 155 Å². The third kappa shape index (κ3) is 29.8. The lowest BCUT2D eigenvalue weighted by Crippen LogP contribution is -2.29. The van der Waals surface area contributed by atoms with E-state index in [-0.39, 0.29) is 19.4 Å². The van der Waals surface area contributed by atoms with Crippen molar-refractivity contribution in [2.45, 2.75) is 161 Å². The quantitative estimate of drug-likeness (QED) is 0.0384. The lowest BCUT2D eigenvalue weighted by atomic mass is 10.1. The van der Waals surface area contributed by atoms with Gasteiger partial charge in [-0.15, -0.1) is 0 Å². The van der Waals surface area contributed by atoms with Crippen LogP contribution >= 0.6 is 7.82 Å². The highest BCUT2D eigenvalue weighted by molar-refractivity contribution is 7.46. The third-order valence-corrected chi connectivity index (χ3v) is 7.27. The van der Waals surface area contributed by atoms with Crippen molar-refractivity contribution >= 4 is 19.8 Å². The number of unbranched alkanes of at least 4 members (excludes halogenated alkanes) is 17. The van der Waals surface area contributed by atoms with E-state index in [0.717, 1.165) is 51.4 Å². The fraction of sp³-hybridized carbons (Fsp3) is 0.871. The Balaban J connectivity index is 3.99. The average molecular weight is 591 g/mol. The van der Waals surface area contributed by atoms with Gasteiger partial charge in [-0.3, -0.25) is 14.1 Å². The Hall–Kier alpha value is -1.21. The molecule has 0 rings (SSSR count). The molecule has 40 heavy (non-hydrogen) atoms. The number of hydrogen-bond donors (Lipinski definition) is 2. The topological polar surface area (TPSA) is 119 Å². The summed E-state index contributed by atoms with van der Waals surface area (Å²) in [6, 6.07) is 0. The molecule has 0 saturated carbocycles. The summed E-state index contributed by atoms with van der Waals surface area (Å²) in [6.07, 6.45) is 26.7. The summed E-state index contributed by atoms with van der Waals surface area (Å²) in [5.41, 5.74) is 0. The van der Waals surface area contributed by atoms with E-state index in [2.05, 4.69) is 30.5 Å². The van der Waals surface area contributed by atoms with Gasteiger partial charge in [0.25, 0.3) is 0 Å². The normalized spacial score (nSPS) is 12.6. The van der Waals surface area contributed by atoms with E-state index in [0.29, 0.717) is 6.42 Å². The molecule has 0 aliphatic carbocycles. The molecule has 2 N–H and O–H groups in total. The van der Waals surface area contributed by atoms with Crippen molar-refractivity contribution < 1.29 is 37.9 Å². The highest BCUT2D eigenvalue weighted by Gasteiger charge is 2.22. The Bertz CT molecular complexity index is 676. The van der Waals surface area contributed by atoms with Crippen molar-refractivity contribution in [2.75, 3.05) is 13.2 Å². The van der Waals surface area contributed by atoms with Crippen molar-refractivity contribution in [3.63, 3.8) is 0 Å². The standard InChI is InChI=1S/C31H59O8P/c1-3-5-7-9-11-12-13-14-15-16-17-18-20-22-24-26-31(33)39-29(28-38-40(34,35)36)27-37-30(32)25-23-21-19-10-8-6-4-2/h12-13,29H,3-11,14-28H2,1-2H3,(H2,34,35,36)/b13-12+/t29-/m1/s1. The van der Waals surface area contributed by atoms with Crippen LogP contribution in [0, 0.1) is 0 Å². The summed E-state index contributed by atoms with van der Waals surface area (Å²) in [5.74, 6) is -0.895. The van der Waals surface area contributed by atoms with E-state index < -0.39 is 32.5 Å². The van der Waals surface area contributed by atoms with Crippen LogP contribution in [0.5, 0.6) is 0 Å². The van der Waals surface area contributed by atoms with Crippen LogP contribution in [0.25, 0.3) is 0 Å². The molecule has 236 valence electrons. The molecular formula is C31H59O8P. The van der Waals surface area contributed by atoms with Crippen molar-refractivity contribution in [1.29, 1.82) is 0 Å². The summed E-state index contributed by atoms with van der Waals surface area (Å²) in [6.45, 7) is 3.59. The minimum atomic E-state index is -4.73. The number of carbonyl (C=O) groups excluding carboxylic acids is 2. The predicted molar refractivity (Wildman–Crippen MR) is 161 cm³/mol. The van der Waals surface area contributed by atoms with Crippen LogP contribution in [0.3, 0.4) is 0 Å². The number of ether oxygens (including phenoxy) is 2. The molecule has 0 unspecified atom stereocenters. The van der Waals surface area contributed by atoms with E-state index >= 15 is 0 Å². The molecule has 0 heterocycles. The molecule has 0 saturated heterocycles. The molecule has 1 atom stereocenters. The molecule has 0 radical (unpaired) electrons. The maximum Gasteiger partial charge on any atom is 0.469 e. The van der Waals surface area contributed by atoms with Crippen molar-refractivity contribution in [1.82, 2.24) is 0 Å². The van der Waals surface area contributed by atoms with Gasteiger partial charge in [0.05, 0.1) is 6.61 Å². The highest BCUT2D eigenvalue weighted by Crippen LogP contribution is 2.35. The van der Waals surface area contributed by atoms with Gasteiger partial charge in [0.2, 0.25) is 0 Å². The van der Waals surface area contributed by atoms with Gasteiger partial charge in [-0.25, -0.2) is 4.57 Å². The first kappa shape index (κ1) is 38.8. The van der Waals surface area contributed by atoms with Crippen LogP contribution in [-0.2, 0) is 28.2 Å². The Kier molecular flexibility index (Phi) is 27.1. The van der Waals surface area contributed by atoms with E-state index in [1.807, 2.05) is 0 Å². The molecule has 0 aliphatic rings. The van der Waals surface area contributed by atoms with Gasteiger partial charge in [0, 0.05) is 12.8 Å². The van der Waals surface area contributed by atoms with Crippen LogP contribution in [0.15, 0.2) is 12.2 Å². The number of hydrogen-bond acceptors (Lipinski definition) is 6.